The summed E-state index contributed by atoms with van der Waals surface area (Å²) >= 11 is 0. The van der Waals surface area contributed by atoms with Gasteiger partial charge in [0.2, 0.25) is 5.91 Å². The Kier molecular flexibility index (Phi) is 5.44. The fraction of sp³-hybridized carbons (Fsp3) is 0.381. The van der Waals surface area contributed by atoms with Gasteiger partial charge in [0, 0.05) is 24.8 Å². The summed E-state index contributed by atoms with van der Waals surface area (Å²) in [5.74, 6) is -0.136. The van der Waals surface area contributed by atoms with Crippen molar-refractivity contribution in [1.82, 2.24) is 15.2 Å². The Morgan fingerprint density at radius 3 is 2.52 bits per heavy atom. The Labute approximate surface area is 159 Å². The average Bonchev–Trinajstić information content (AvgIpc) is 2.57. The molecule has 2 aromatic rings. The fourth-order valence-electron chi connectivity index (χ4n) is 2.89. The van der Waals surface area contributed by atoms with Crippen LogP contribution in [0.4, 0.5) is 4.79 Å². The van der Waals surface area contributed by atoms with Gasteiger partial charge in [0.25, 0.3) is 0 Å². The summed E-state index contributed by atoms with van der Waals surface area (Å²) in [5, 5.41) is 2.76. The number of amides is 2. The quantitative estimate of drug-likeness (QED) is 0.901. The van der Waals surface area contributed by atoms with Crippen LogP contribution in [-0.4, -0.2) is 40.6 Å². The number of hydrogen-bond acceptors (Lipinski definition) is 4. The zero-order chi connectivity index (χ0) is 19.4. The highest BCUT2D eigenvalue weighted by molar-refractivity contribution is 5.89. The summed E-state index contributed by atoms with van der Waals surface area (Å²) < 4.78 is 5.38. The molecule has 0 saturated carbocycles. The first kappa shape index (κ1) is 18.9. The van der Waals surface area contributed by atoms with E-state index in [0.717, 1.165) is 17.5 Å². The van der Waals surface area contributed by atoms with Crippen molar-refractivity contribution in [2.75, 3.05) is 13.1 Å². The molecule has 1 N–H and O–H groups in total. The lowest BCUT2D eigenvalue weighted by molar-refractivity contribution is -0.137. The highest BCUT2D eigenvalue weighted by Crippen LogP contribution is 2.30. The van der Waals surface area contributed by atoms with Crippen LogP contribution in [0.3, 0.4) is 0 Å². The zero-order valence-electron chi connectivity index (χ0n) is 15.9. The molecule has 1 saturated heterocycles. The van der Waals surface area contributed by atoms with Gasteiger partial charge in [-0.1, -0.05) is 30.3 Å². The van der Waals surface area contributed by atoms with Crippen LogP contribution in [0.25, 0.3) is 11.1 Å². The zero-order valence-corrected chi connectivity index (χ0v) is 15.9. The van der Waals surface area contributed by atoms with Gasteiger partial charge < -0.3 is 15.0 Å². The van der Waals surface area contributed by atoms with Crippen molar-refractivity contribution < 1.29 is 14.3 Å². The van der Waals surface area contributed by atoms with Crippen LogP contribution in [0, 0.1) is 6.20 Å². The standard InChI is InChI=1S/C21H24N3O3/c1-21(2,3)27-20(26)23-18(19(25)24-12-7-13-24)17-10-5-4-9-16(17)15-8-6-11-22-14-15/h4-6,8-11,18H,7,12-13H2,1-3H3,(H,23,26). The second kappa shape index (κ2) is 7.78. The number of likely N-dealkylation sites (tertiary alicyclic amines) is 1. The topological polar surface area (TPSA) is 71.5 Å². The molecule has 0 aliphatic carbocycles. The number of carbonyl (C=O) groups excluding carboxylic acids is 2. The smallest absolute Gasteiger partial charge is 0.408 e. The van der Waals surface area contributed by atoms with Crippen LogP contribution in [0.2, 0.25) is 0 Å². The van der Waals surface area contributed by atoms with Gasteiger partial charge in [-0.3, -0.25) is 9.78 Å². The van der Waals surface area contributed by atoms with Gasteiger partial charge in [0.1, 0.15) is 11.6 Å². The maximum atomic E-state index is 13.0. The SMILES string of the molecule is CC(C)(C)OC(=O)NC(C(=O)N1CCC1)c1ccccc1-c1[c]nccc1. The van der Waals surface area contributed by atoms with E-state index in [1.54, 1.807) is 31.9 Å². The Morgan fingerprint density at radius 2 is 1.93 bits per heavy atom. The maximum Gasteiger partial charge on any atom is 0.408 e. The number of aromatic nitrogens is 1. The molecule has 1 unspecified atom stereocenters. The van der Waals surface area contributed by atoms with Gasteiger partial charge in [-0.15, -0.1) is 0 Å². The van der Waals surface area contributed by atoms with E-state index in [9.17, 15) is 9.59 Å². The van der Waals surface area contributed by atoms with Crippen molar-refractivity contribution in [3.8, 4) is 11.1 Å². The van der Waals surface area contributed by atoms with E-state index in [1.165, 1.54) is 0 Å². The van der Waals surface area contributed by atoms with E-state index < -0.39 is 17.7 Å². The maximum absolute atomic E-state index is 13.0. The van der Waals surface area contributed by atoms with Crippen LogP contribution in [0.1, 0.15) is 38.8 Å². The number of nitrogens with zero attached hydrogens (tertiary/aromatic N) is 2. The number of hydrogen-bond donors (Lipinski definition) is 1. The Hall–Kier alpha value is -2.89. The highest BCUT2D eigenvalue weighted by Gasteiger charge is 2.33. The third kappa shape index (κ3) is 4.64. The molecule has 1 fully saturated rings. The van der Waals surface area contributed by atoms with Crippen molar-refractivity contribution in [3.63, 3.8) is 0 Å². The summed E-state index contributed by atoms with van der Waals surface area (Å²) in [5.41, 5.74) is 1.62. The van der Waals surface area contributed by atoms with E-state index in [4.69, 9.17) is 4.74 Å². The second-order valence-electron chi connectivity index (χ2n) is 7.51. The van der Waals surface area contributed by atoms with Crippen LogP contribution in [0.5, 0.6) is 0 Å². The summed E-state index contributed by atoms with van der Waals surface area (Å²) in [7, 11) is 0. The molecule has 1 aliphatic heterocycles. The number of benzene rings is 1. The minimum absolute atomic E-state index is 0.136. The number of ether oxygens (including phenoxy) is 1. The monoisotopic (exact) mass is 366 g/mol. The van der Waals surface area contributed by atoms with Gasteiger partial charge in [-0.25, -0.2) is 4.79 Å². The van der Waals surface area contributed by atoms with E-state index in [1.807, 2.05) is 36.4 Å². The lowest BCUT2D eigenvalue weighted by Crippen LogP contribution is -2.49. The van der Waals surface area contributed by atoms with Gasteiger partial charge in [0.05, 0.1) is 6.20 Å². The number of rotatable bonds is 4. The van der Waals surface area contributed by atoms with Crippen molar-refractivity contribution in [2.24, 2.45) is 0 Å². The van der Waals surface area contributed by atoms with Gasteiger partial charge >= 0.3 is 6.09 Å². The minimum Gasteiger partial charge on any atom is -0.444 e. The molecule has 1 atom stereocenters. The van der Waals surface area contributed by atoms with E-state index in [2.05, 4.69) is 16.5 Å². The second-order valence-corrected chi connectivity index (χ2v) is 7.51. The van der Waals surface area contributed by atoms with Gasteiger partial charge in [0.15, 0.2) is 0 Å². The molecule has 0 spiro atoms. The molecule has 141 valence electrons. The normalized spacial score (nSPS) is 14.9. The molecule has 2 amide bonds. The number of pyridine rings is 1. The third-order valence-corrected chi connectivity index (χ3v) is 4.25. The molecular formula is C21H24N3O3. The summed E-state index contributed by atoms with van der Waals surface area (Å²) in [6.45, 7) is 6.77. The Bertz CT molecular complexity index is 811. The number of nitrogens with one attached hydrogen (secondary N) is 1. The lowest BCUT2D eigenvalue weighted by Gasteiger charge is -2.35. The fourth-order valence-corrected chi connectivity index (χ4v) is 2.89. The van der Waals surface area contributed by atoms with E-state index in [-0.39, 0.29) is 5.91 Å². The van der Waals surface area contributed by atoms with Crippen LogP contribution in [-0.2, 0) is 9.53 Å². The Balaban J connectivity index is 1.96. The first-order chi connectivity index (χ1) is 12.8. The third-order valence-electron chi connectivity index (χ3n) is 4.25. The number of alkyl carbamates (subject to hydrolysis) is 1. The lowest BCUT2D eigenvalue weighted by atomic mass is 9.94. The molecule has 2 heterocycles. The van der Waals surface area contributed by atoms with Crippen LogP contribution >= 0.6 is 0 Å². The molecule has 27 heavy (non-hydrogen) atoms. The van der Waals surface area contributed by atoms with E-state index >= 15 is 0 Å². The van der Waals surface area contributed by atoms with Crippen molar-refractivity contribution in [2.45, 2.75) is 38.8 Å². The van der Waals surface area contributed by atoms with Gasteiger partial charge in [-0.2, -0.15) is 0 Å². The largest absolute Gasteiger partial charge is 0.444 e. The van der Waals surface area contributed by atoms with Crippen LogP contribution in [0.15, 0.2) is 42.6 Å². The molecule has 0 bridgehead atoms. The Morgan fingerprint density at radius 1 is 1.19 bits per heavy atom. The molecule has 1 aromatic heterocycles. The predicted molar refractivity (Wildman–Crippen MR) is 102 cm³/mol. The highest BCUT2D eigenvalue weighted by atomic mass is 16.6. The van der Waals surface area contributed by atoms with Gasteiger partial charge in [-0.05, 0) is 44.4 Å². The number of carbonyl (C=O) groups is 2. The van der Waals surface area contributed by atoms with Crippen molar-refractivity contribution in [1.29, 1.82) is 0 Å². The molecule has 1 aromatic carbocycles. The minimum atomic E-state index is -0.829. The predicted octanol–water partition coefficient (Wildman–Crippen LogP) is 3.35. The average molecular weight is 366 g/mol. The molecular weight excluding hydrogens is 342 g/mol. The van der Waals surface area contributed by atoms with Crippen molar-refractivity contribution in [3.05, 3.63) is 54.4 Å². The molecule has 1 radical (unpaired) electrons. The summed E-state index contributed by atoms with van der Waals surface area (Å²) in [6, 6.07) is 10.3. The first-order valence-corrected chi connectivity index (χ1v) is 9.05. The molecule has 6 nitrogen and oxygen atoms in total. The summed E-state index contributed by atoms with van der Waals surface area (Å²) in [6.07, 6.45) is 4.95. The first-order valence-electron chi connectivity index (χ1n) is 9.05. The molecule has 1 aliphatic rings. The molecule has 6 heteroatoms. The van der Waals surface area contributed by atoms with Crippen LogP contribution < -0.4 is 5.32 Å². The molecule has 3 rings (SSSR count). The van der Waals surface area contributed by atoms with E-state index in [0.29, 0.717) is 18.7 Å². The van der Waals surface area contributed by atoms with Crippen molar-refractivity contribution >= 4 is 12.0 Å². The summed E-state index contributed by atoms with van der Waals surface area (Å²) in [4.78, 5) is 31.2.